The van der Waals surface area contributed by atoms with E-state index < -0.39 is 12.1 Å². The van der Waals surface area contributed by atoms with Gasteiger partial charge in [-0.25, -0.2) is 0 Å². The number of rotatable bonds is 9. The Morgan fingerprint density at radius 1 is 1.18 bits per heavy atom. The summed E-state index contributed by atoms with van der Waals surface area (Å²) in [7, 11) is 4.62. The van der Waals surface area contributed by atoms with Gasteiger partial charge >= 0.3 is 5.97 Å². The molecule has 1 fully saturated rings. The van der Waals surface area contributed by atoms with Crippen molar-refractivity contribution < 1.29 is 28.6 Å². The number of methoxy groups -OCH3 is 2. The van der Waals surface area contributed by atoms with E-state index in [1.807, 2.05) is 31.2 Å². The van der Waals surface area contributed by atoms with Crippen molar-refractivity contribution >= 4 is 17.8 Å². The van der Waals surface area contributed by atoms with Gasteiger partial charge < -0.3 is 24.0 Å². The molecule has 0 N–H and O–H groups in total. The second kappa shape index (κ2) is 11.6. The Kier molecular flexibility index (Phi) is 8.64. The van der Waals surface area contributed by atoms with E-state index in [0.717, 1.165) is 17.0 Å². The van der Waals surface area contributed by atoms with E-state index in [9.17, 15) is 14.4 Å². The highest BCUT2D eigenvalue weighted by atomic mass is 16.5. The first kappa shape index (κ1) is 25.2. The number of carbonyl (C=O) groups is 3. The van der Waals surface area contributed by atoms with Gasteiger partial charge in [0.25, 0.3) is 5.91 Å². The first-order valence-electron chi connectivity index (χ1n) is 11.3. The predicted octanol–water partition coefficient (Wildman–Crippen LogP) is 1.42. The average molecular weight is 473 g/mol. The summed E-state index contributed by atoms with van der Waals surface area (Å²) < 4.78 is 17.7. The van der Waals surface area contributed by atoms with Crippen molar-refractivity contribution in [3.63, 3.8) is 0 Å². The number of nitrogens with zero attached hydrogens (tertiary/aromatic N) is 4. The number of aryl methyl sites for hydroxylation is 2. The van der Waals surface area contributed by atoms with Crippen molar-refractivity contribution in [1.82, 2.24) is 19.6 Å². The second-order valence-corrected chi connectivity index (χ2v) is 8.13. The van der Waals surface area contributed by atoms with Crippen LogP contribution in [0.2, 0.25) is 0 Å². The third kappa shape index (κ3) is 6.34. The number of amides is 2. The zero-order valence-electron chi connectivity index (χ0n) is 20.2. The molecule has 1 aromatic heterocycles. The first-order valence-corrected chi connectivity index (χ1v) is 11.3. The summed E-state index contributed by atoms with van der Waals surface area (Å²) in [5.74, 6) is -0.215. The Balaban J connectivity index is 1.79. The lowest BCUT2D eigenvalue weighted by Gasteiger charge is -2.24. The molecule has 0 saturated carbocycles. The van der Waals surface area contributed by atoms with Crippen LogP contribution < -0.4 is 4.74 Å². The summed E-state index contributed by atoms with van der Waals surface area (Å²) in [5.41, 5.74) is 2.13. The number of carbonyl (C=O) groups excluding carboxylic acids is 3. The van der Waals surface area contributed by atoms with Crippen LogP contribution in [-0.4, -0.2) is 83.9 Å². The van der Waals surface area contributed by atoms with Crippen LogP contribution in [0.3, 0.4) is 0 Å². The largest absolute Gasteiger partial charge is 0.497 e. The molecule has 1 aromatic carbocycles. The van der Waals surface area contributed by atoms with Crippen LogP contribution in [0.4, 0.5) is 0 Å². The molecule has 0 aliphatic carbocycles. The van der Waals surface area contributed by atoms with Crippen LogP contribution in [0, 0.1) is 0 Å². The highest BCUT2D eigenvalue weighted by Gasteiger charge is 2.32. The van der Waals surface area contributed by atoms with Crippen LogP contribution in [0.15, 0.2) is 30.3 Å². The Labute approximate surface area is 199 Å². The zero-order valence-corrected chi connectivity index (χ0v) is 20.2. The molecule has 1 aliphatic rings. The standard InChI is InChI=1S/C24H32N4O6/c1-5-18-12-21(26(2)25-18)24(31)28-14-20(34-16-17-7-6-8-19(11-17)32-3)13-27(22(29)15-28)10-9-23(30)33-4/h6-8,11-12,20H,5,9-10,13-16H2,1-4H3/t20-/m1/s1. The molecule has 10 nitrogen and oxygen atoms in total. The third-order valence-electron chi connectivity index (χ3n) is 5.76. The van der Waals surface area contributed by atoms with Gasteiger partial charge in [-0.1, -0.05) is 19.1 Å². The molecule has 1 atom stereocenters. The molecule has 184 valence electrons. The molecule has 0 unspecified atom stereocenters. The summed E-state index contributed by atoms with van der Waals surface area (Å²) in [5, 5.41) is 4.35. The molecule has 2 amide bonds. The number of esters is 1. The minimum Gasteiger partial charge on any atom is -0.497 e. The topological polar surface area (TPSA) is 103 Å². The molecular weight excluding hydrogens is 440 g/mol. The molecule has 1 saturated heterocycles. The fourth-order valence-electron chi connectivity index (χ4n) is 3.82. The van der Waals surface area contributed by atoms with Gasteiger partial charge in [0.05, 0.1) is 39.0 Å². The van der Waals surface area contributed by atoms with E-state index in [0.29, 0.717) is 12.1 Å². The normalized spacial score (nSPS) is 16.4. The number of ether oxygens (including phenoxy) is 3. The van der Waals surface area contributed by atoms with Crippen molar-refractivity contribution in [2.45, 2.75) is 32.5 Å². The second-order valence-electron chi connectivity index (χ2n) is 8.13. The van der Waals surface area contributed by atoms with Crippen LogP contribution in [-0.2, 0) is 39.1 Å². The van der Waals surface area contributed by atoms with Crippen LogP contribution in [0.5, 0.6) is 5.75 Å². The fraction of sp³-hybridized carbons (Fsp3) is 0.500. The van der Waals surface area contributed by atoms with Gasteiger partial charge in [0.2, 0.25) is 5.91 Å². The molecule has 0 radical (unpaired) electrons. The van der Waals surface area contributed by atoms with Crippen molar-refractivity contribution in [3.05, 3.63) is 47.3 Å². The van der Waals surface area contributed by atoms with Gasteiger partial charge in [0.15, 0.2) is 0 Å². The maximum Gasteiger partial charge on any atom is 0.307 e. The van der Waals surface area contributed by atoms with E-state index in [4.69, 9.17) is 14.2 Å². The molecule has 3 rings (SSSR count). The fourth-order valence-corrected chi connectivity index (χ4v) is 3.82. The molecule has 2 aromatic rings. The molecule has 10 heteroatoms. The molecule has 0 spiro atoms. The van der Waals surface area contributed by atoms with Gasteiger partial charge in [-0.05, 0) is 30.2 Å². The van der Waals surface area contributed by atoms with Crippen molar-refractivity contribution in [2.24, 2.45) is 7.05 Å². The minimum absolute atomic E-state index is 0.0698. The molecule has 34 heavy (non-hydrogen) atoms. The lowest BCUT2D eigenvalue weighted by molar-refractivity contribution is -0.142. The summed E-state index contributed by atoms with van der Waals surface area (Å²) in [6, 6.07) is 9.27. The van der Waals surface area contributed by atoms with Crippen molar-refractivity contribution in [3.8, 4) is 5.75 Å². The van der Waals surface area contributed by atoms with Gasteiger partial charge in [-0.3, -0.25) is 19.1 Å². The number of hydrogen-bond acceptors (Lipinski definition) is 7. The Hall–Kier alpha value is -3.40. The van der Waals surface area contributed by atoms with Gasteiger partial charge in [0, 0.05) is 26.7 Å². The summed E-state index contributed by atoms with van der Waals surface area (Å²) in [6.07, 6.45) is 0.326. The first-order chi connectivity index (χ1) is 16.3. The smallest absolute Gasteiger partial charge is 0.307 e. The summed E-state index contributed by atoms with van der Waals surface area (Å²) in [4.78, 5) is 41.0. The van der Waals surface area contributed by atoms with E-state index >= 15 is 0 Å². The molecular formula is C24H32N4O6. The molecule has 1 aliphatic heterocycles. The van der Waals surface area contributed by atoms with Crippen LogP contribution in [0.25, 0.3) is 0 Å². The quantitative estimate of drug-likeness (QED) is 0.509. The minimum atomic E-state index is -0.446. The summed E-state index contributed by atoms with van der Waals surface area (Å²) >= 11 is 0. The van der Waals surface area contributed by atoms with E-state index in [2.05, 4.69) is 5.10 Å². The van der Waals surface area contributed by atoms with Crippen LogP contribution >= 0.6 is 0 Å². The maximum absolute atomic E-state index is 13.3. The lowest BCUT2D eigenvalue weighted by atomic mass is 10.2. The van der Waals surface area contributed by atoms with Gasteiger partial charge in [-0.15, -0.1) is 0 Å². The van der Waals surface area contributed by atoms with E-state index in [-0.39, 0.29) is 51.0 Å². The third-order valence-corrected chi connectivity index (χ3v) is 5.76. The Morgan fingerprint density at radius 3 is 2.65 bits per heavy atom. The zero-order chi connectivity index (χ0) is 24.7. The number of aromatic nitrogens is 2. The number of benzene rings is 1. The highest BCUT2D eigenvalue weighted by molar-refractivity contribution is 5.95. The summed E-state index contributed by atoms with van der Waals surface area (Å²) in [6.45, 7) is 2.83. The van der Waals surface area contributed by atoms with Gasteiger partial charge in [0.1, 0.15) is 18.0 Å². The SMILES string of the molecule is CCc1cc(C(=O)N2CC(=O)N(CCC(=O)OC)C[C@@H](OCc3cccc(OC)c3)C2)n(C)n1. The molecule has 0 bridgehead atoms. The predicted molar refractivity (Wildman–Crippen MR) is 123 cm³/mol. The number of hydrogen-bond donors (Lipinski definition) is 0. The highest BCUT2D eigenvalue weighted by Crippen LogP contribution is 2.17. The average Bonchev–Trinajstić information content (AvgIpc) is 3.15. The Morgan fingerprint density at radius 2 is 1.97 bits per heavy atom. The van der Waals surface area contributed by atoms with E-state index in [1.165, 1.54) is 16.7 Å². The molecule has 2 heterocycles. The Bertz CT molecular complexity index is 1020. The van der Waals surface area contributed by atoms with Crippen molar-refractivity contribution in [1.29, 1.82) is 0 Å². The van der Waals surface area contributed by atoms with Crippen molar-refractivity contribution in [2.75, 3.05) is 40.4 Å². The lowest BCUT2D eigenvalue weighted by Crippen LogP contribution is -2.40. The van der Waals surface area contributed by atoms with Gasteiger partial charge in [-0.2, -0.15) is 5.10 Å². The van der Waals surface area contributed by atoms with Crippen LogP contribution in [0.1, 0.15) is 35.1 Å². The monoisotopic (exact) mass is 472 g/mol. The van der Waals surface area contributed by atoms with E-state index in [1.54, 1.807) is 25.1 Å². The maximum atomic E-state index is 13.3.